The number of hydrogen-bond donors (Lipinski definition) is 1. The quantitative estimate of drug-likeness (QED) is 0.670. The van der Waals surface area contributed by atoms with E-state index in [1.807, 2.05) is 0 Å². The lowest BCUT2D eigenvalue weighted by atomic mass is 9.93. The first kappa shape index (κ1) is 8.42. The van der Waals surface area contributed by atoms with Crippen molar-refractivity contribution in [3.05, 3.63) is 34.6 Å². The lowest BCUT2D eigenvalue weighted by molar-refractivity contribution is 0.422. The predicted octanol–water partition coefficient (Wildman–Crippen LogP) is 2.51. The average Bonchev–Trinajstić information content (AvgIpc) is 2.65. The summed E-state index contributed by atoms with van der Waals surface area (Å²) in [5.74, 6) is 0.951. The summed E-state index contributed by atoms with van der Waals surface area (Å²) in [5.41, 5.74) is 9.72. The number of benzene rings is 1. The molecule has 0 radical (unpaired) electrons. The third-order valence-electron chi connectivity index (χ3n) is 3.92. The van der Waals surface area contributed by atoms with Gasteiger partial charge in [0.25, 0.3) is 0 Å². The Morgan fingerprint density at radius 2 is 2.21 bits per heavy atom. The molecule has 3 rings (SSSR count). The molecule has 0 amide bonds. The minimum Gasteiger partial charge on any atom is -0.324 e. The molecule has 0 spiro atoms. The Morgan fingerprint density at radius 1 is 1.43 bits per heavy atom. The Kier molecular flexibility index (Phi) is 1.55. The first-order chi connectivity index (χ1) is 6.68. The van der Waals surface area contributed by atoms with Crippen LogP contribution in [0.1, 0.15) is 42.0 Å². The molecule has 3 unspecified atom stereocenters. The molecule has 0 aromatic heterocycles. The van der Waals surface area contributed by atoms with Gasteiger partial charge in [-0.25, -0.2) is 4.39 Å². The van der Waals surface area contributed by atoms with Gasteiger partial charge in [-0.3, -0.25) is 0 Å². The fourth-order valence-electron chi connectivity index (χ4n) is 3.15. The molecule has 0 fully saturated rings. The van der Waals surface area contributed by atoms with Crippen molar-refractivity contribution in [1.82, 2.24) is 0 Å². The summed E-state index contributed by atoms with van der Waals surface area (Å²) in [6, 6.07) is 3.36. The molecule has 2 N–H and O–H groups in total. The van der Waals surface area contributed by atoms with E-state index in [0.29, 0.717) is 11.8 Å². The maximum absolute atomic E-state index is 13.3. The minimum atomic E-state index is -0.121. The zero-order valence-electron chi connectivity index (χ0n) is 8.26. The fourth-order valence-corrected chi connectivity index (χ4v) is 3.15. The van der Waals surface area contributed by atoms with Crippen LogP contribution in [0.5, 0.6) is 0 Å². The first-order valence-electron chi connectivity index (χ1n) is 5.26. The third-order valence-corrected chi connectivity index (χ3v) is 3.92. The van der Waals surface area contributed by atoms with Crippen LogP contribution in [-0.2, 0) is 6.42 Å². The third kappa shape index (κ3) is 0.871. The zero-order valence-corrected chi connectivity index (χ0v) is 8.26. The second-order valence-corrected chi connectivity index (χ2v) is 4.60. The van der Waals surface area contributed by atoms with Gasteiger partial charge in [0.2, 0.25) is 0 Å². The summed E-state index contributed by atoms with van der Waals surface area (Å²) in [7, 11) is 0. The van der Waals surface area contributed by atoms with E-state index in [1.165, 1.54) is 11.1 Å². The van der Waals surface area contributed by atoms with E-state index in [4.69, 9.17) is 5.73 Å². The first-order valence-corrected chi connectivity index (χ1v) is 5.26. The second-order valence-electron chi connectivity index (χ2n) is 4.60. The van der Waals surface area contributed by atoms with Gasteiger partial charge in [-0.2, -0.15) is 0 Å². The van der Waals surface area contributed by atoms with Gasteiger partial charge in [0.1, 0.15) is 5.82 Å². The van der Waals surface area contributed by atoms with Gasteiger partial charge in [0, 0.05) is 6.04 Å². The van der Waals surface area contributed by atoms with Crippen LogP contribution in [0.2, 0.25) is 0 Å². The smallest absolute Gasteiger partial charge is 0.123 e. The summed E-state index contributed by atoms with van der Waals surface area (Å²) in [4.78, 5) is 0. The predicted molar refractivity (Wildman–Crippen MR) is 53.6 cm³/mol. The highest BCUT2D eigenvalue weighted by Crippen LogP contribution is 2.51. The van der Waals surface area contributed by atoms with Crippen LogP contribution in [0, 0.1) is 11.7 Å². The Labute approximate surface area is 83.1 Å². The lowest BCUT2D eigenvalue weighted by Crippen LogP contribution is -2.16. The van der Waals surface area contributed by atoms with Crippen molar-refractivity contribution in [2.45, 2.75) is 31.7 Å². The molecule has 2 aliphatic rings. The van der Waals surface area contributed by atoms with Crippen molar-refractivity contribution in [2.75, 3.05) is 0 Å². The molecule has 2 aliphatic carbocycles. The van der Waals surface area contributed by atoms with Crippen molar-refractivity contribution in [3.8, 4) is 0 Å². The lowest BCUT2D eigenvalue weighted by Gasteiger charge is -2.15. The van der Waals surface area contributed by atoms with Gasteiger partial charge in [-0.05, 0) is 53.5 Å². The van der Waals surface area contributed by atoms with Gasteiger partial charge < -0.3 is 5.73 Å². The van der Waals surface area contributed by atoms with E-state index in [9.17, 15) is 4.39 Å². The summed E-state index contributed by atoms with van der Waals surface area (Å²) < 4.78 is 13.3. The van der Waals surface area contributed by atoms with Crippen LogP contribution in [-0.4, -0.2) is 0 Å². The number of aryl methyl sites for hydroxylation is 1. The van der Waals surface area contributed by atoms with E-state index in [0.717, 1.165) is 18.4 Å². The van der Waals surface area contributed by atoms with E-state index >= 15 is 0 Å². The number of rotatable bonds is 0. The SMILES string of the molecule is CC1C(N)c2cc(F)cc3c2C1CC3. The Hall–Kier alpha value is -0.890. The molecule has 1 aromatic rings. The van der Waals surface area contributed by atoms with E-state index in [2.05, 4.69) is 6.92 Å². The van der Waals surface area contributed by atoms with Gasteiger partial charge >= 0.3 is 0 Å². The van der Waals surface area contributed by atoms with Crippen LogP contribution in [0.4, 0.5) is 4.39 Å². The zero-order chi connectivity index (χ0) is 9.87. The van der Waals surface area contributed by atoms with Crippen LogP contribution < -0.4 is 5.73 Å². The van der Waals surface area contributed by atoms with Crippen molar-refractivity contribution in [1.29, 1.82) is 0 Å². The van der Waals surface area contributed by atoms with Crippen LogP contribution in [0.15, 0.2) is 12.1 Å². The Bertz CT molecular complexity index is 400. The molecule has 2 heteroatoms. The van der Waals surface area contributed by atoms with E-state index in [-0.39, 0.29) is 11.9 Å². The molecule has 0 saturated carbocycles. The topological polar surface area (TPSA) is 26.0 Å². The number of hydrogen-bond acceptors (Lipinski definition) is 1. The summed E-state index contributed by atoms with van der Waals surface area (Å²) in [5, 5.41) is 0. The highest BCUT2D eigenvalue weighted by molar-refractivity contribution is 5.48. The van der Waals surface area contributed by atoms with Gasteiger partial charge in [0.05, 0.1) is 0 Å². The monoisotopic (exact) mass is 191 g/mol. The molecular weight excluding hydrogens is 177 g/mol. The molecule has 0 aliphatic heterocycles. The average molecular weight is 191 g/mol. The molecule has 1 aromatic carbocycles. The molecule has 74 valence electrons. The number of nitrogens with two attached hydrogens (primary N) is 1. The molecule has 3 atom stereocenters. The van der Waals surface area contributed by atoms with Crippen LogP contribution in [0.25, 0.3) is 0 Å². The second kappa shape index (κ2) is 2.57. The molecule has 0 bridgehead atoms. The molecule has 14 heavy (non-hydrogen) atoms. The summed E-state index contributed by atoms with van der Waals surface area (Å²) in [6.07, 6.45) is 2.18. The Morgan fingerprint density at radius 3 is 3.00 bits per heavy atom. The highest BCUT2D eigenvalue weighted by Gasteiger charge is 2.40. The Balaban J connectivity index is 2.27. The van der Waals surface area contributed by atoms with Crippen molar-refractivity contribution >= 4 is 0 Å². The van der Waals surface area contributed by atoms with E-state index < -0.39 is 0 Å². The molecular formula is C12H14FN. The van der Waals surface area contributed by atoms with Crippen molar-refractivity contribution in [2.24, 2.45) is 11.7 Å². The molecule has 1 nitrogen and oxygen atoms in total. The normalized spacial score (nSPS) is 33.5. The van der Waals surface area contributed by atoms with Crippen LogP contribution >= 0.6 is 0 Å². The maximum Gasteiger partial charge on any atom is 0.123 e. The fraction of sp³-hybridized carbons (Fsp3) is 0.500. The van der Waals surface area contributed by atoms with Crippen molar-refractivity contribution < 1.29 is 4.39 Å². The molecule has 0 heterocycles. The standard InChI is InChI=1S/C12H14FN/c1-6-9-3-2-7-4-8(13)5-10(11(7)9)12(6)14/h4-6,9,12H,2-3,14H2,1H3. The van der Waals surface area contributed by atoms with Gasteiger partial charge in [-0.1, -0.05) is 6.92 Å². The van der Waals surface area contributed by atoms with Crippen LogP contribution in [0.3, 0.4) is 0 Å². The molecule has 0 saturated heterocycles. The van der Waals surface area contributed by atoms with Crippen molar-refractivity contribution in [3.63, 3.8) is 0 Å². The van der Waals surface area contributed by atoms with E-state index in [1.54, 1.807) is 12.1 Å². The van der Waals surface area contributed by atoms with Gasteiger partial charge in [-0.15, -0.1) is 0 Å². The highest BCUT2D eigenvalue weighted by atomic mass is 19.1. The maximum atomic E-state index is 13.3. The summed E-state index contributed by atoms with van der Waals surface area (Å²) in [6.45, 7) is 2.18. The summed E-state index contributed by atoms with van der Waals surface area (Å²) >= 11 is 0. The largest absolute Gasteiger partial charge is 0.324 e. The number of halogens is 1. The van der Waals surface area contributed by atoms with Gasteiger partial charge in [0.15, 0.2) is 0 Å². The minimum absolute atomic E-state index is 0.0461.